The van der Waals surface area contributed by atoms with Crippen molar-refractivity contribution in [2.75, 3.05) is 5.32 Å². The van der Waals surface area contributed by atoms with Crippen molar-refractivity contribution in [3.8, 4) is 0 Å². The quantitative estimate of drug-likeness (QED) is 0.191. The molecule has 180 valence electrons. The monoisotopic (exact) mass is 573 g/mol. The first-order valence-electron chi connectivity index (χ1n) is 11.1. The maximum Gasteiger partial charge on any atom is 0.282 e. The molecule has 1 aliphatic heterocycles. The Bertz CT molecular complexity index is 1320. The molecule has 0 radical (unpaired) electrons. The van der Waals surface area contributed by atoms with E-state index in [1.54, 1.807) is 30.3 Å². The summed E-state index contributed by atoms with van der Waals surface area (Å²) in [6, 6.07) is 18.0. The van der Waals surface area contributed by atoms with Crippen molar-refractivity contribution in [2.24, 2.45) is 5.92 Å². The lowest BCUT2D eigenvalue weighted by Crippen LogP contribution is -2.31. The summed E-state index contributed by atoms with van der Waals surface area (Å²) >= 11 is 12.0. The molecule has 0 spiro atoms. The van der Waals surface area contributed by atoms with Gasteiger partial charge in [-0.05, 0) is 54.2 Å². The Hall–Kier alpha value is -2.62. The molecule has 1 heterocycles. The molecule has 2 aliphatic rings. The van der Waals surface area contributed by atoms with E-state index in [0.717, 1.165) is 26.9 Å². The third-order valence-corrected chi connectivity index (χ3v) is 9.52. The van der Waals surface area contributed by atoms with Crippen LogP contribution in [-0.2, 0) is 0 Å². The number of nitro benzene ring substituents is 2. The maximum atomic E-state index is 11.6. The van der Waals surface area contributed by atoms with Crippen LogP contribution >= 0.6 is 39.3 Å². The van der Waals surface area contributed by atoms with Crippen molar-refractivity contribution in [1.82, 2.24) is 0 Å². The highest BCUT2D eigenvalue weighted by Crippen LogP contribution is 2.59. The van der Waals surface area contributed by atoms with Crippen LogP contribution in [0.5, 0.6) is 0 Å². The third kappa shape index (κ3) is 4.41. The number of hydrogen-bond donors (Lipinski definition) is 1. The number of non-ortho nitro benzene ring substituents is 1. The van der Waals surface area contributed by atoms with Gasteiger partial charge in [-0.3, -0.25) is 20.2 Å². The Morgan fingerprint density at radius 3 is 2.46 bits per heavy atom. The second-order valence-electron chi connectivity index (χ2n) is 8.91. The van der Waals surface area contributed by atoms with Crippen molar-refractivity contribution in [2.45, 2.75) is 40.8 Å². The summed E-state index contributed by atoms with van der Waals surface area (Å²) in [6.45, 7) is 1.87. The maximum absolute atomic E-state index is 11.6. The fourth-order valence-corrected chi connectivity index (χ4v) is 7.57. The first kappa shape index (κ1) is 24.1. The number of nitro groups is 2. The van der Waals surface area contributed by atoms with Crippen molar-refractivity contribution >= 4 is 56.4 Å². The lowest BCUT2D eigenvalue weighted by atomic mass is 9.76. The molecule has 1 fully saturated rings. The van der Waals surface area contributed by atoms with Crippen LogP contribution in [0.1, 0.15) is 35.1 Å². The second-order valence-corrected chi connectivity index (χ2v) is 11.6. The number of halogens is 2. The van der Waals surface area contributed by atoms with Gasteiger partial charge in [0.25, 0.3) is 11.4 Å². The molecule has 3 aromatic carbocycles. The Kier molecular flexibility index (Phi) is 6.50. The zero-order valence-corrected chi connectivity index (χ0v) is 21.7. The molecule has 5 rings (SSSR count). The highest BCUT2D eigenvalue weighted by Gasteiger charge is 2.51. The SMILES string of the molecule is Cc1cc([N+](=O)[O-])cc2c1N[C@H](c1ccc(Br)cc1)[C@@H]1C[C@H](Sc3ccccc3[N+](=O)[O-])[C@@H](Cl)[C@@H]21. The first-order valence-corrected chi connectivity index (χ1v) is 13.2. The highest BCUT2D eigenvalue weighted by molar-refractivity contribution is 9.10. The summed E-state index contributed by atoms with van der Waals surface area (Å²) in [7, 11) is 0. The molecular weight excluding hydrogens is 554 g/mol. The molecule has 10 heteroatoms. The zero-order chi connectivity index (χ0) is 24.9. The smallest absolute Gasteiger partial charge is 0.282 e. The van der Waals surface area contributed by atoms with E-state index >= 15 is 0 Å². The summed E-state index contributed by atoms with van der Waals surface area (Å²) < 4.78 is 0.979. The average Bonchev–Trinajstić information content (AvgIpc) is 3.15. The molecule has 0 bridgehead atoms. The number of aryl methyl sites for hydroxylation is 1. The van der Waals surface area contributed by atoms with Gasteiger partial charge in [0, 0.05) is 39.5 Å². The number of hydrogen-bond acceptors (Lipinski definition) is 6. The number of fused-ring (bicyclic) bond motifs is 3. The Labute approximate surface area is 219 Å². The summed E-state index contributed by atoms with van der Waals surface area (Å²) in [6.07, 6.45) is 0.713. The fourth-order valence-electron chi connectivity index (χ4n) is 5.37. The molecule has 3 aromatic rings. The number of anilines is 1. The van der Waals surface area contributed by atoms with Gasteiger partial charge in [-0.1, -0.05) is 40.2 Å². The molecule has 0 aromatic heterocycles. The Morgan fingerprint density at radius 2 is 1.77 bits per heavy atom. The largest absolute Gasteiger partial charge is 0.377 e. The lowest BCUT2D eigenvalue weighted by Gasteiger charge is -2.39. The minimum atomic E-state index is -0.374. The molecule has 5 atom stereocenters. The van der Waals surface area contributed by atoms with E-state index in [4.69, 9.17) is 11.6 Å². The van der Waals surface area contributed by atoms with Crippen LogP contribution in [0.2, 0.25) is 0 Å². The number of para-hydroxylation sites is 1. The molecule has 1 aliphatic carbocycles. The van der Waals surface area contributed by atoms with Crippen LogP contribution in [0.4, 0.5) is 17.1 Å². The number of alkyl halides is 1. The summed E-state index contributed by atoms with van der Waals surface area (Å²) in [5.41, 5.74) is 3.74. The average molecular weight is 575 g/mol. The van der Waals surface area contributed by atoms with Crippen molar-refractivity contribution in [3.63, 3.8) is 0 Å². The fraction of sp³-hybridized carbons (Fsp3) is 0.280. The molecule has 0 unspecified atom stereocenters. The second kappa shape index (κ2) is 9.44. The third-order valence-electron chi connectivity index (χ3n) is 6.88. The summed E-state index contributed by atoms with van der Waals surface area (Å²) in [5, 5.41) is 26.4. The van der Waals surface area contributed by atoms with E-state index in [9.17, 15) is 20.2 Å². The lowest BCUT2D eigenvalue weighted by molar-refractivity contribution is -0.387. The predicted molar refractivity (Wildman–Crippen MR) is 142 cm³/mol. The standard InChI is InChI=1S/C25H21BrClN3O4S/c1-13-10-16(29(31)32)11-17-22-18(25(28-24(13)17)14-6-8-15(26)9-7-14)12-21(23(22)27)35-20-5-3-2-4-19(20)30(33)34/h2-11,18,21-23,25,28H,12H2,1H3/t18-,21+,22+,23-,25-/m1/s1. The van der Waals surface area contributed by atoms with E-state index < -0.39 is 0 Å². The van der Waals surface area contributed by atoms with Gasteiger partial charge in [-0.15, -0.1) is 23.4 Å². The van der Waals surface area contributed by atoms with Crippen LogP contribution < -0.4 is 5.32 Å². The van der Waals surface area contributed by atoms with Crippen LogP contribution in [0, 0.1) is 33.1 Å². The first-order chi connectivity index (χ1) is 16.7. The van der Waals surface area contributed by atoms with Crippen molar-refractivity contribution in [3.05, 3.63) is 102 Å². The molecular formula is C25H21BrClN3O4S. The number of thioether (sulfide) groups is 1. The van der Waals surface area contributed by atoms with Crippen molar-refractivity contribution < 1.29 is 9.85 Å². The number of nitrogens with one attached hydrogen (secondary N) is 1. The van der Waals surface area contributed by atoms with E-state index in [0.29, 0.717) is 11.3 Å². The van der Waals surface area contributed by atoms with E-state index in [1.807, 2.05) is 19.1 Å². The van der Waals surface area contributed by atoms with Gasteiger partial charge in [0.1, 0.15) is 0 Å². The molecule has 7 nitrogen and oxygen atoms in total. The Balaban J connectivity index is 1.59. The normalized spacial score (nSPS) is 24.8. The molecule has 35 heavy (non-hydrogen) atoms. The summed E-state index contributed by atoms with van der Waals surface area (Å²) in [5.74, 6) is -0.0757. The van der Waals surface area contributed by atoms with E-state index in [2.05, 4.69) is 33.4 Å². The minimum absolute atomic E-state index is 0.0432. The topological polar surface area (TPSA) is 98.3 Å². The van der Waals surface area contributed by atoms with Crippen LogP contribution in [0.3, 0.4) is 0 Å². The zero-order valence-electron chi connectivity index (χ0n) is 18.6. The van der Waals surface area contributed by atoms with Gasteiger partial charge in [0.15, 0.2) is 0 Å². The van der Waals surface area contributed by atoms with Gasteiger partial charge in [-0.2, -0.15) is 0 Å². The molecule has 0 saturated heterocycles. The van der Waals surface area contributed by atoms with Gasteiger partial charge in [-0.25, -0.2) is 0 Å². The van der Waals surface area contributed by atoms with E-state index in [-0.39, 0.29) is 49.7 Å². The summed E-state index contributed by atoms with van der Waals surface area (Å²) in [4.78, 5) is 23.0. The van der Waals surface area contributed by atoms with Crippen LogP contribution in [0.15, 0.2) is 70.0 Å². The Morgan fingerprint density at radius 1 is 1.06 bits per heavy atom. The van der Waals surface area contributed by atoms with Crippen molar-refractivity contribution in [1.29, 1.82) is 0 Å². The minimum Gasteiger partial charge on any atom is -0.377 e. The van der Waals surface area contributed by atoms with Gasteiger partial charge in [0.05, 0.1) is 26.2 Å². The molecule has 0 amide bonds. The number of nitrogens with zero attached hydrogens (tertiary/aromatic N) is 2. The van der Waals surface area contributed by atoms with Crippen LogP contribution in [0.25, 0.3) is 0 Å². The molecule has 1 saturated carbocycles. The number of benzene rings is 3. The van der Waals surface area contributed by atoms with Crippen LogP contribution in [-0.4, -0.2) is 20.5 Å². The molecule has 1 N–H and O–H groups in total. The van der Waals surface area contributed by atoms with Gasteiger partial charge < -0.3 is 5.32 Å². The number of rotatable bonds is 5. The van der Waals surface area contributed by atoms with Gasteiger partial charge in [0.2, 0.25) is 0 Å². The van der Waals surface area contributed by atoms with E-state index in [1.165, 1.54) is 17.8 Å². The van der Waals surface area contributed by atoms with Gasteiger partial charge >= 0.3 is 0 Å². The predicted octanol–water partition coefficient (Wildman–Crippen LogP) is 7.61. The highest BCUT2D eigenvalue weighted by atomic mass is 79.9.